The molecule has 12 heavy (non-hydrogen) atoms. The molecule has 64 valence electrons. The molecule has 0 unspecified atom stereocenters. The second-order valence-corrected chi connectivity index (χ2v) is 2.89. The molecule has 0 fully saturated rings. The molecule has 1 heterocycles. The summed E-state index contributed by atoms with van der Waals surface area (Å²) in [6.45, 7) is 1.62. The molecule has 0 aromatic carbocycles. The van der Waals surface area contributed by atoms with Gasteiger partial charge in [0.1, 0.15) is 0 Å². The van der Waals surface area contributed by atoms with E-state index in [2.05, 4.69) is 4.98 Å². The molecular formula is C6H4Cl2N2O2. The van der Waals surface area contributed by atoms with Crippen molar-refractivity contribution < 1.29 is 4.92 Å². The summed E-state index contributed by atoms with van der Waals surface area (Å²) < 4.78 is 0. The van der Waals surface area contributed by atoms with Crippen molar-refractivity contribution in [1.29, 1.82) is 0 Å². The van der Waals surface area contributed by atoms with Crippen LogP contribution in [0.4, 0.5) is 5.69 Å². The number of hydrogen-bond donors (Lipinski definition) is 0. The lowest BCUT2D eigenvalue weighted by Gasteiger charge is -1.97. The van der Waals surface area contributed by atoms with E-state index in [0.717, 1.165) is 0 Å². The van der Waals surface area contributed by atoms with Crippen LogP contribution < -0.4 is 0 Å². The Kier molecular flexibility index (Phi) is 2.49. The van der Waals surface area contributed by atoms with Crippen LogP contribution in [0.5, 0.6) is 0 Å². The van der Waals surface area contributed by atoms with Crippen molar-refractivity contribution in [3.63, 3.8) is 0 Å². The van der Waals surface area contributed by atoms with Crippen LogP contribution in [0.2, 0.25) is 10.2 Å². The molecule has 0 aliphatic rings. The highest BCUT2D eigenvalue weighted by Crippen LogP contribution is 2.26. The molecule has 1 aromatic heterocycles. The van der Waals surface area contributed by atoms with Crippen molar-refractivity contribution in [2.75, 3.05) is 0 Å². The molecular weight excluding hydrogens is 203 g/mol. The highest BCUT2D eigenvalue weighted by Gasteiger charge is 2.15. The number of nitrogens with zero attached hydrogens (tertiary/aromatic N) is 2. The third-order valence-corrected chi connectivity index (χ3v) is 1.94. The molecule has 0 radical (unpaired) electrons. The van der Waals surface area contributed by atoms with E-state index in [1.807, 2.05) is 0 Å². The summed E-state index contributed by atoms with van der Waals surface area (Å²) in [6, 6.07) is 1.19. The first-order valence-corrected chi connectivity index (χ1v) is 3.75. The van der Waals surface area contributed by atoms with E-state index in [9.17, 15) is 10.1 Å². The smallest absolute Gasteiger partial charge is 0.258 e. The predicted molar refractivity (Wildman–Crippen MR) is 45.6 cm³/mol. The van der Waals surface area contributed by atoms with Crippen LogP contribution in [0.1, 0.15) is 5.69 Å². The summed E-state index contributed by atoms with van der Waals surface area (Å²) in [5, 5.41) is 10.4. The fourth-order valence-corrected chi connectivity index (χ4v) is 1.07. The molecule has 4 nitrogen and oxygen atoms in total. The van der Waals surface area contributed by atoms with Gasteiger partial charge in [0, 0.05) is 6.07 Å². The molecule has 0 N–H and O–H groups in total. The minimum absolute atomic E-state index is 0.137. The molecule has 6 heteroatoms. The molecule has 1 rings (SSSR count). The molecule has 0 atom stereocenters. The lowest BCUT2D eigenvalue weighted by molar-refractivity contribution is -0.385. The normalized spacial score (nSPS) is 9.92. The van der Waals surface area contributed by atoms with E-state index < -0.39 is 4.92 Å². The predicted octanol–water partition coefficient (Wildman–Crippen LogP) is 2.61. The Bertz CT molecular complexity index is 341. The van der Waals surface area contributed by atoms with Gasteiger partial charge in [0.15, 0.2) is 0 Å². The molecule has 0 saturated heterocycles. The Morgan fingerprint density at radius 2 is 2.17 bits per heavy atom. The Balaban J connectivity index is 3.33. The lowest BCUT2D eigenvalue weighted by Crippen LogP contribution is -1.93. The summed E-state index contributed by atoms with van der Waals surface area (Å²) >= 11 is 11.1. The van der Waals surface area contributed by atoms with Gasteiger partial charge in [0.2, 0.25) is 5.15 Å². The maximum Gasteiger partial charge on any atom is 0.307 e. The van der Waals surface area contributed by atoms with Crippen LogP contribution >= 0.6 is 23.2 Å². The molecule has 0 amide bonds. The van der Waals surface area contributed by atoms with Gasteiger partial charge in [-0.15, -0.1) is 0 Å². The quantitative estimate of drug-likeness (QED) is 0.404. The first kappa shape index (κ1) is 9.22. The zero-order valence-electron chi connectivity index (χ0n) is 6.04. The average molecular weight is 207 g/mol. The van der Waals surface area contributed by atoms with Crippen molar-refractivity contribution in [2.45, 2.75) is 6.92 Å². The average Bonchev–Trinajstić information content (AvgIpc) is 1.96. The monoisotopic (exact) mass is 206 g/mol. The highest BCUT2D eigenvalue weighted by atomic mass is 35.5. The fraction of sp³-hybridized carbons (Fsp3) is 0.167. The van der Waals surface area contributed by atoms with Crippen molar-refractivity contribution in [3.8, 4) is 0 Å². The Morgan fingerprint density at radius 3 is 2.67 bits per heavy atom. The number of hydrogen-bond acceptors (Lipinski definition) is 3. The Hall–Kier alpha value is -0.870. The minimum Gasteiger partial charge on any atom is -0.258 e. The zero-order valence-corrected chi connectivity index (χ0v) is 7.56. The van der Waals surface area contributed by atoms with Crippen LogP contribution in [-0.4, -0.2) is 9.91 Å². The van der Waals surface area contributed by atoms with Gasteiger partial charge < -0.3 is 0 Å². The number of aromatic nitrogens is 1. The molecule has 0 aliphatic carbocycles. The van der Waals surface area contributed by atoms with Gasteiger partial charge in [0.05, 0.1) is 15.6 Å². The third-order valence-electron chi connectivity index (χ3n) is 1.28. The van der Waals surface area contributed by atoms with Gasteiger partial charge in [0.25, 0.3) is 0 Å². The van der Waals surface area contributed by atoms with Gasteiger partial charge >= 0.3 is 5.69 Å². The Morgan fingerprint density at radius 1 is 1.58 bits per heavy atom. The lowest BCUT2D eigenvalue weighted by atomic mass is 10.3. The number of aryl methyl sites for hydroxylation is 1. The summed E-state index contributed by atoms with van der Waals surface area (Å²) in [7, 11) is 0. The Labute approximate surface area is 78.3 Å². The van der Waals surface area contributed by atoms with Crippen LogP contribution in [0.15, 0.2) is 6.07 Å². The van der Waals surface area contributed by atoms with E-state index in [0.29, 0.717) is 5.69 Å². The second-order valence-electron chi connectivity index (χ2n) is 2.12. The van der Waals surface area contributed by atoms with Gasteiger partial charge in [-0.25, -0.2) is 4.98 Å². The van der Waals surface area contributed by atoms with E-state index in [1.165, 1.54) is 6.07 Å². The maximum absolute atomic E-state index is 10.3. The molecule has 0 aliphatic heterocycles. The zero-order chi connectivity index (χ0) is 9.30. The SMILES string of the molecule is Cc1nc(Cl)c([N+](=O)[O-])cc1Cl. The summed E-state index contributed by atoms with van der Waals surface area (Å²) in [5.41, 5.74) is 0.208. The first-order valence-electron chi connectivity index (χ1n) is 2.99. The van der Waals surface area contributed by atoms with Crippen LogP contribution in [0.25, 0.3) is 0 Å². The van der Waals surface area contributed by atoms with Gasteiger partial charge in [-0.3, -0.25) is 10.1 Å². The van der Waals surface area contributed by atoms with Crippen LogP contribution in [-0.2, 0) is 0 Å². The van der Waals surface area contributed by atoms with Crippen molar-refractivity contribution in [3.05, 3.63) is 32.1 Å². The van der Waals surface area contributed by atoms with Crippen molar-refractivity contribution in [2.24, 2.45) is 0 Å². The number of rotatable bonds is 1. The summed E-state index contributed by atoms with van der Waals surface area (Å²) in [4.78, 5) is 13.4. The first-order chi connectivity index (χ1) is 5.52. The third kappa shape index (κ3) is 1.65. The van der Waals surface area contributed by atoms with E-state index in [4.69, 9.17) is 23.2 Å². The number of pyridine rings is 1. The molecule has 0 spiro atoms. The van der Waals surface area contributed by atoms with Gasteiger partial charge in [-0.05, 0) is 6.92 Å². The minimum atomic E-state index is -0.624. The van der Waals surface area contributed by atoms with E-state index in [-0.39, 0.29) is 15.9 Å². The topological polar surface area (TPSA) is 56.0 Å². The largest absolute Gasteiger partial charge is 0.307 e. The highest BCUT2D eigenvalue weighted by molar-refractivity contribution is 6.34. The maximum atomic E-state index is 10.3. The second kappa shape index (κ2) is 3.25. The standard InChI is InChI=1S/C6H4Cl2N2O2/c1-3-4(7)2-5(10(11)12)6(8)9-3/h2H,1H3. The van der Waals surface area contributed by atoms with Crippen LogP contribution in [0.3, 0.4) is 0 Å². The molecule has 1 aromatic rings. The van der Waals surface area contributed by atoms with E-state index >= 15 is 0 Å². The molecule has 0 saturated carbocycles. The molecule has 0 bridgehead atoms. The number of nitro groups is 1. The van der Waals surface area contributed by atoms with Crippen LogP contribution in [0, 0.1) is 17.0 Å². The van der Waals surface area contributed by atoms with Gasteiger partial charge in [-0.2, -0.15) is 0 Å². The fourth-order valence-electron chi connectivity index (χ4n) is 0.670. The summed E-state index contributed by atoms with van der Waals surface area (Å²) in [5.74, 6) is 0. The van der Waals surface area contributed by atoms with Crippen molar-refractivity contribution in [1.82, 2.24) is 4.98 Å². The van der Waals surface area contributed by atoms with E-state index in [1.54, 1.807) is 6.92 Å². The van der Waals surface area contributed by atoms with Gasteiger partial charge in [-0.1, -0.05) is 23.2 Å². The summed E-state index contributed by atoms with van der Waals surface area (Å²) in [6.07, 6.45) is 0. The van der Waals surface area contributed by atoms with Crippen molar-refractivity contribution >= 4 is 28.9 Å². The number of halogens is 2.